The molecule has 0 fully saturated rings. The minimum atomic E-state index is -5.11. The molecular formula is C33H28F6N2O3. The lowest BCUT2D eigenvalue weighted by Crippen LogP contribution is -2.38. The number of likely N-dealkylation sites (N-methyl/N-ethyl adjacent to an activating group) is 1. The van der Waals surface area contributed by atoms with Crippen molar-refractivity contribution in [3.8, 4) is 5.75 Å². The molecule has 1 atom stereocenters. The molecule has 0 spiro atoms. The van der Waals surface area contributed by atoms with E-state index in [2.05, 4.69) is 5.32 Å². The number of carbonyl (C=O) groups excluding carboxylic acids is 2. The molecule has 0 aliphatic carbocycles. The van der Waals surface area contributed by atoms with Gasteiger partial charge in [-0.3, -0.25) is 9.59 Å². The van der Waals surface area contributed by atoms with Crippen LogP contribution in [0.25, 0.3) is 10.8 Å². The van der Waals surface area contributed by atoms with Gasteiger partial charge in [-0.15, -0.1) is 0 Å². The van der Waals surface area contributed by atoms with Crippen molar-refractivity contribution in [1.82, 2.24) is 10.2 Å². The monoisotopic (exact) mass is 614 g/mol. The lowest BCUT2D eigenvalue weighted by molar-refractivity contribution is -0.143. The first-order valence-corrected chi connectivity index (χ1v) is 13.5. The molecular weight excluding hydrogens is 586 g/mol. The first kappa shape index (κ1) is 32.1. The predicted octanol–water partition coefficient (Wildman–Crippen LogP) is 7.18. The van der Waals surface area contributed by atoms with Crippen molar-refractivity contribution in [1.29, 1.82) is 0 Å². The number of fused-ring (bicyclic) bond motifs is 1. The zero-order valence-corrected chi connectivity index (χ0v) is 23.4. The molecule has 2 amide bonds. The van der Waals surface area contributed by atoms with E-state index in [4.69, 9.17) is 0 Å². The lowest BCUT2D eigenvalue weighted by atomic mass is 9.99. The van der Waals surface area contributed by atoms with Crippen LogP contribution in [0.2, 0.25) is 0 Å². The van der Waals surface area contributed by atoms with Gasteiger partial charge in [0.1, 0.15) is 5.75 Å². The largest absolute Gasteiger partial charge is 0.508 e. The van der Waals surface area contributed by atoms with E-state index in [0.29, 0.717) is 18.6 Å². The molecule has 4 aromatic rings. The second kappa shape index (κ2) is 13.2. The summed E-state index contributed by atoms with van der Waals surface area (Å²) in [7, 11) is 1.26. The number of nitrogens with zero attached hydrogens (tertiary/aromatic N) is 1. The normalized spacial score (nSPS) is 12.8. The van der Waals surface area contributed by atoms with E-state index >= 15 is 0 Å². The Labute approximate surface area is 249 Å². The van der Waals surface area contributed by atoms with Gasteiger partial charge in [0, 0.05) is 25.2 Å². The minimum Gasteiger partial charge on any atom is -0.508 e. The fraction of sp³-hybridized carbons (Fsp3) is 0.212. The molecule has 5 nitrogen and oxygen atoms in total. The number of rotatable bonds is 9. The Balaban J connectivity index is 1.59. The maximum Gasteiger partial charge on any atom is 0.416 e. The van der Waals surface area contributed by atoms with Crippen LogP contribution in [-0.2, 0) is 30.0 Å². The van der Waals surface area contributed by atoms with Crippen LogP contribution in [0.3, 0.4) is 0 Å². The number of hydrogen-bond donors (Lipinski definition) is 2. The molecule has 0 radical (unpaired) electrons. The van der Waals surface area contributed by atoms with E-state index in [1.54, 1.807) is 18.2 Å². The summed E-state index contributed by atoms with van der Waals surface area (Å²) in [4.78, 5) is 27.0. The second-order valence-electron chi connectivity index (χ2n) is 10.2. The number of phenolic OH excluding ortho intramolecular Hbond substituents is 1. The van der Waals surface area contributed by atoms with Crippen molar-refractivity contribution in [2.24, 2.45) is 0 Å². The zero-order valence-electron chi connectivity index (χ0n) is 23.4. The van der Waals surface area contributed by atoms with Crippen molar-refractivity contribution in [3.63, 3.8) is 0 Å². The van der Waals surface area contributed by atoms with E-state index in [9.17, 15) is 41.0 Å². The van der Waals surface area contributed by atoms with Gasteiger partial charge in [0.05, 0.1) is 17.2 Å². The van der Waals surface area contributed by atoms with Crippen molar-refractivity contribution < 1.29 is 41.0 Å². The van der Waals surface area contributed by atoms with Crippen LogP contribution >= 0.6 is 0 Å². The average molecular weight is 615 g/mol. The summed E-state index contributed by atoms with van der Waals surface area (Å²) in [6.45, 7) is 0.252. The number of aromatic hydroxyl groups is 1. The Morgan fingerprint density at radius 3 is 2.02 bits per heavy atom. The van der Waals surface area contributed by atoms with Crippen LogP contribution in [0.4, 0.5) is 26.3 Å². The second-order valence-corrected chi connectivity index (χ2v) is 10.2. The third kappa shape index (κ3) is 8.40. The molecule has 11 heteroatoms. The molecule has 0 aliphatic rings. The highest BCUT2D eigenvalue weighted by molar-refractivity contribution is 5.95. The molecule has 44 heavy (non-hydrogen) atoms. The number of halogens is 6. The molecule has 2 N–H and O–H groups in total. The van der Waals surface area contributed by atoms with Gasteiger partial charge in [-0.25, -0.2) is 0 Å². The van der Waals surface area contributed by atoms with Crippen molar-refractivity contribution in [2.75, 3.05) is 13.6 Å². The number of amides is 2. The molecule has 0 aliphatic heterocycles. The van der Waals surface area contributed by atoms with Crippen LogP contribution < -0.4 is 5.32 Å². The lowest BCUT2D eigenvalue weighted by Gasteiger charge is -2.27. The molecule has 0 aromatic heterocycles. The van der Waals surface area contributed by atoms with Gasteiger partial charge in [0.15, 0.2) is 0 Å². The van der Waals surface area contributed by atoms with Crippen molar-refractivity contribution in [2.45, 2.75) is 31.2 Å². The van der Waals surface area contributed by atoms with Gasteiger partial charge in [-0.2, -0.15) is 26.3 Å². The topological polar surface area (TPSA) is 69.6 Å². The van der Waals surface area contributed by atoms with E-state index in [-0.39, 0.29) is 24.8 Å². The number of carbonyl (C=O) groups is 2. The van der Waals surface area contributed by atoms with Crippen LogP contribution in [-0.4, -0.2) is 41.5 Å². The molecule has 0 bridgehead atoms. The molecule has 0 saturated heterocycles. The Kier molecular flexibility index (Phi) is 9.66. The number of benzene rings is 4. The first-order chi connectivity index (χ1) is 20.7. The first-order valence-electron chi connectivity index (χ1n) is 13.5. The predicted molar refractivity (Wildman–Crippen MR) is 154 cm³/mol. The van der Waals surface area contributed by atoms with Crippen LogP contribution in [0.5, 0.6) is 5.75 Å². The zero-order chi connectivity index (χ0) is 32.1. The van der Waals surface area contributed by atoms with Crippen molar-refractivity contribution >= 4 is 22.6 Å². The van der Waals surface area contributed by atoms with Gasteiger partial charge in [0.25, 0.3) is 5.91 Å². The summed E-state index contributed by atoms with van der Waals surface area (Å²) < 4.78 is 80.7. The molecule has 4 rings (SSSR count). The number of nitrogens with one attached hydrogen (secondary N) is 1. The third-order valence-electron chi connectivity index (χ3n) is 7.03. The maximum atomic E-state index is 13.5. The van der Waals surface area contributed by atoms with E-state index < -0.39 is 46.9 Å². The smallest absolute Gasteiger partial charge is 0.416 e. The highest BCUT2D eigenvalue weighted by Crippen LogP contribution is 2.36. The van der Waals surface area contributed by atoms with Crippen LogP contribution in [0, 0.1) is 0 Å². The van der Waals surface area contributed by atoms with Gasteiger partial charge >= 0.3 is 12.4 Å². The summed E-state index contributed by atoms with van der Waals surface area (Å²) in [5.74, 6) is -1.48. The highest BCUT2D eigenvalue weighted by atomic mass is 19.4. The molecule has 0 heterocycles. The Morgan fingerprint density at radius 2 is 1.41 bits per heavy atom. The van der Waals surface area contributed by atoms with Gasteiger partial charge < -0.3 is 15.3 Å². The van der Waals surface area contributed by atoms with Crippen LogP contribution in [0.1, 0.15) is 32.6 Å². The average Bonchev–Trinajstić information content (AvgIpc) is 2.98. The Morgan fingerprint density at radius 1 is 0.818 bits per heavy atom. The number of phenols is 1. The van der Waals surface area contributed by atoms with E-state index in [0.717, 1.165) is 26.8 Å². The standard InChI is InChI=1S/C33H28F6N2O3/c1-41(31(44)25-18-26(32(34,35)36)20-27(19-25)33(37,38)39)28(17-22-6-9-23-4-2-3-5-24(23)16-22)10-13-30(43)40-15-14-21-7-11-29(42)12-8-21/h2-13,16,18-20,28,42H,14-15,17H2,1H3,(H,40,43). The van der Waals surface area contributed by atoms with E-state index in [1.165, 1.54) is 31.3 Å². The summed E-state index contributed by atoms with van der Waals surface area (Å²) in [6, 6.07) is 19.3. The Bertz CT molecular complexity index is 1630. The molecule has 0 saturated carbocycles. The summed E-state index contributed by atoms with van der Waals surface area (Å²) in [5, 5.41) is 13.9. The van der Waals surface area contributed by atoms with Gasteiger partial charge in [-0.1, -0.05) is 60.7 Å². The Hall–Kier alpha value is -4.80. The summed E-state index contributed by atoms with van der Waals surface area (Å²) >= 11 is 0. The van der Waals surface area contributed by atoms with E-state index in [1.807, 2.05) is 36.4 Å². The molecule has 4 aromatic carbocycles. The summed E-state index contributed by atoms with van der Waals surface area (Å²) in [6.07, 6.45) is -7.07. The molecule has 1 unspecified atom stereocenters. The fourth-order valence-corrected chi connectivity index (χ4v) is 4.62. The van der Waals surface area contributed by atoms with Gasteiger partial charge in [0.2, 0.25) is 5.91 Å². The summed E-state index contributed by atoms with van der Waals surface area (Å²) in [5.41, 5.74) is -2.39. The maximum absolute atomic E-state index is 13.5. The van der Waals surface area contributed by atoms with Crippen molar-refractivity contribution in [3.05, 3.63) is 125 Å². The number of alkyl halides is 6. The van der Waals surface area contributed by atoms with Gasteiger partial charge in [-0.05, 0) is 65.1 Å². The van der Waals surface area contributed by atoms with Crippen LogP contribution in [0.15, 0.2) is 97.1 Å². The SMILES string of the molecule is CN(C(=O)c1cc(C(F)(F)F)cc(C(F)(F)F)c1)C(C=CC(=O)NCCc1ccc(O)cc1)Cc1ccc2ccccc2c1. The molecule has 230 valence electrons. The minimum absolute atomic E-state index is 0.0360. The highest BCUT2D eigenvalue weighted by Gasteiger charge is 2.38. The third-order valence-corrected chi connectivity index (χ3v) is 7.03. The number of hydrogen-bond acceptors (Lipinski definition) is 3. The fourth-order valence-electron chi connectivity index (χ4n) is 4.62. The quantitative estimate of drug-likeness (QED) is 0.155.